The van der Waals surface area contributed by atoms with Gasteiger partial charge in [-0.05, 0) is 33.6 Å². The Bertz CT molecular complexity index is 381. The molecule has 1 N–H and O–H groups in total. The zero-order valence-electron chi connectivity index (χ0n) is 12.5. The van der Waals surface area contributed by atoms with Crippen LogP contribution in [0.5, 0.6) is 0 Å². The van der Waals surface area contributed by atoms with Gasteiger partial charge in [-0.15, -0.1) is 0 Å². The summed E-state index contributed by atoms with van der Waals surface area (Å²) in [7, 11) is 0. The molecule has 20 heavy (non-hydrogen) atoms. The first-order valence-electron chi connectivity index (χ1n) is 7.24. The van der Waals surface area contributed by atoms with Crippen molar-refractivity contribution in [1.29, 1.82) is 0 Å². The number of hydrogen-bond donors (Lipinski definition) is 1. The van der Waals surface area contributed by atoms with E-state index in [2.05, 4.69) is 0 Å². The van der Waals surface area contributed by atoms with E-state index in [9.17, 15) is 14.7 Å². The van der Waals surface area contributed by atoms with Gasteiger partial charge in [0.15, 0.2) is 0 Å². The van der Waals surface area contributed by atoms with Crippen LogP contribution in [0, 0.1) is 5.41 Å². The largest absolute Gasteiger partial charge is 0.481 e. The molecule has 2 amide bonds. The van der Waals surface area contributed by atoms with E-state index >= 15 is 0 Å². The van der Waals surface area contributed by atoms with Crippen LogP contribution in [0.1, 0.15) is 33.6 Å². The highest BCUT2D eigenvalue weighted by Gasteiger charge is 2.39. The summed E-state index contributed by atoms with van der Waals surface area (Å²) in [6.07, 6.45) is 1.14. The molecule has 6 nitrogen and oxygen atoms in total. The van der Waals surface area contributed by atoms with Crippen molar-refractivity contribution >= 4 is 12.0 Å². The van der Waals surface area contributed by atoms with Crippen molar-refractivity contribution < 1.29 is 19.4 Å². The van der Waals surface area contributed by atoms with Crippen molar-refractivity contribution in [2.24, 2.45) is 5.41 Å². The van der Waals surface area contributed by atoms with E-state index in [0.29, 0.717) is 39.0 Å². The van der Waals surface area contributed by atoms with Crippen LogP contribution in [0.3, 0.4) is 0 Å². The highest BCUT2D eigenvalue weighted by molar-refractivity contribution is 5.77. The number of hydrogen-bond acceptors (Lipinski definition) is 3. The lowest BCUT2D eigenvalue weighted by Gasteiger charge is -2.41. The molecule has 0 bridgehead atoms. The second-order valence-electron chi connectivity index (χ2n) is 6.30. The number of likely N-dealkylation sites (tertiary alicyclic amines) is 1. The second kappa shape index (κ2) is 5.60. The lowest BCUT2D eigenvalue weighted by atomic mass is 9.80. The molecular weight excluding hydrogens is 260 g/mol. The number of amides is 2. The maximum absolute atomic E-state index is 12.5. The number of ether oxygens (including phenoxy) is 1. The highest BCUT2D eigenvalue weighted by atomic mass is 16.5. The summed E-state index contributed by atoms with van der Waals surface area (Å²) in [5.74, 6) is -0.766. The van der Waals surface area contributed by atoms with Crippen LogP contribution in [0.2, 0.25) is 0 Å². The van der Waals surface area contributed by atoms with Crippen molar-refractivity contribution in [2.45, 2.75) is 45.8 Å². The van der Waals surface area contributed by atoms with E-state index in [1.54, 1.807) is 11.8 Å². The first kappa shape index (κ1) is 15.1. The summed E-state index contributed by atoms with van der Waals surface area (Å²) < 4.78 is 5.63. The molecule has 2 saturated heterocycles. The first-order chi connectivity index (χ1) is 9.32. The highest BCUT2D eigenvalue weighted by Crippen LogP contribution is 2.31. The number of carboxylic acids is 1. The quantitative estimate of drug-likeness (QED) is 0.790. The predicted molar refractivity (Wildman–Crippen MR) is 73.5 cm³/mol. The molecule has 2 aliphatic rings. The summed E-state index contributed by atoms with van der Waals surface area (Å²) in [4.78, 5) is 27.3. The van der Waals surface area contributed by atoms with Gasteiger partial charge in [0.25, 0.3) is 0 Å². The van der Waals surface area contributed by atoms with E-state index in [-0.39, 0.29) is 18.2 Å². The number of morpholine rings is 1. The Balaban J connectivity index is 1.93. The van der Waals surface area contributed by atoms with Gasteiger partial charge in [-0.2, -0.15) is 0 Å². The molecule has 2 rings (SSSR count). The zero-order valence-corrected chi connectivity index (χ0v) is 12.5. The van der Waals surface area contributed by atoms with E-state index < -0.39 is 11.4 Å². The maximum Gasteiger partial charge on any atom is 0.320 e. The van der Waals surface area contributed by atoms with Crippen molar-refractivity contribution in [1.82, 2.24) is 9.80 Å². The molecule has 0 aromatic carbocycles. The molecule has 2 unspecified atom stereocenters. The number of piperidine rings is 1. The number of carbonyl (C=O) groups is 2. The van der Waals surface area contributed by atoms with Crippen LogP contribution in [-0.4, -0.2) is 65.3 Å². The van der Waals surface area contributed by atoms with Crippen molar-refractivity contribution in [2.75, 3.05) is 26.2 Å². The SMILES string of the molecule is CC1CN(C(=O)N2CCC(C)(C(=O)O)CC2)CC(C)O1. The maximum atomic E-state index is 12.5. The van der Waals surface area contributed by atoms with E-state index in [1.807, 2.05) is 18.7 Å². The molecule has 0 spiro atoms. The molecule has 114 valence electrons. The number of aliphatic carboxylic acids is 1. The van der Waals surface area contributed by atoms with Crippen molar-refractivity contribution in [3.8, 4) is 0 Å². The molecule has 2 atom stereocenters. The molecular formula is C14H24N2O4. The fourth-order valence-corrected chi connectivity index (χ4v) is 2.94. The molecule has 6 heteroatoms. The number of carboxylic acid groups (broad SMARTS) is 1. The molecule has 0 radical (unpaired) electrons. The van der Waals surface area contributed by atoms with Gasteiger partial charge < -0.3 is 19.6 Å². The summed E-state index contributed by atoms with van der Waals surface area (Å²) in [6, 6.07) is 0.0134. The van der Waals surface area contributed by atoms with Gasteiger partial charge in [0.1, 0.15) is 0 Å². The fraction of sp³-hybridized carbons (Fsp3) is 0.857. The Morgan fingerprint density at radius 1 is 1.10 bits per heavy atom. The number of nitrogens with zero attached hydrogens (tertiary/aromatic N) is 2. The Morgan fingerprint density at radius 3 is 2.05 bits per heavy atom. The molecule has 0 aromatic heterocycles. The Kier molecular flexibility index (Phi) is 4.22. The monoisotopic (exact) mass is 284 g/mol. The predicted octanol–water partition coefficient (Wildman–Crippen LogP) is 1.40. The van der Waals surface area contributed by atoms with Crippen molar-refractivity contribution in [3.63, 3.8) is 0 Å². The smallest absolute Gasteiger partial charge is 0.320 e. The number of rotatable bonds is 1. The lowest BCUT2D eigenvalue weighted by molar-refractivity contribution is -0.150. The van der Waals surface area contributed by atoms with Gasteiger partial charge in [0, 0.05) is 26.2 Å². The third-order valence-electron chi connectivity index (χ3n) is 4.34. The fourth-order valence-electron chi connectivity index (χ4n) is 2.94. The van der Waals surface area contributed by atoms with Crippen LogP contribution >= 0.6 is 0 Å². The zero-order chi connectivity index (χ0) is 14.9. The van der Waals surface area contributed by atoms with Crippen LogP contribution in [-0.2, 0) is 9.53 Å². The van der Waals surface area contributed by atoms with E-state index in [1.165, 1.54) is 0 Å². The first-order valence-corrected chi connectivity index (χ1v) is 7.24. The van der Waals surface area contributed by atoms with Crippen LogP contribution in [0.15, 0.2) is 0 Å². The minimum atomic E-state index is -0.766. The van der Waals surface area contributed by atoms with Gasteiger partial charge >= 0.3 is 12.0 Å². The average molecular weight is 284 g/mol. The summed E-state index contributed by atoms with van der Waals surface area (Å²) in [5, 5.41) is 9.21. The normalized spacial score (nSPS) is 30.1. The molecule has 2 heterocycles. The Morgan fingerprint density at radius 2 is 1.60 bits per heavy atom. The van der Waals surface area contributed by atoms with Gasteiger partial charge in [-0.25, -0.2) is 4.79 Å². The Labute approximate surface area is 119 Å². The minimum absolute atomic E-state index is 0.0134. The molecule has 2 aliphatic heterocycles. The number of carbonyl (C=O) groups excluding carboxylic acids is 1. The third kappa shape index (κ3) is 3.06. The summed E-state index contributed by atoms with van der Waals surface area (Å²) in [6.45, 7) is 7.94. The summed E-state index contributed by atoms with van der Waals surface area (Å²) >= 11 is 0. The third-order valence-corrected chi connectivity index (χ3v) is 4.34. The molecule has 2 fully saturated rings. The van der Waals surface area contributed by atoms with Crippen LogP contribution < -0.4 is 0 Å². The minimum Gasteiger partial charge on any atom is -0.481 e. The average Bonchev–Trinajstić information content (AvgIpc) is 2.37. The molecule has 0 aliphatic carbocycles. The molecule has 0 saturated carbocycles. The van der Waals surface area contributed by atoms with Gasteiger partial charge in [0.05, 0.1) is 17.6 Å². The lowest BCUT2D eigenvalue weighted by Crippen LogP contribution is -2.55. The van der Waals surface area contributed by atoms with Crippen LogP contribution in [0.4, 0.5) is 4.79 Å². The topological polar surface area (TPSA) is 70.1 Å². The van der Waals surface area contributed by atoms with E-state index in [0.717, 1.165) is 0 Å². The standard InChI is InChI=1S/C14H24N2O4/c1-10-8-16(9-11(2)20-10)13(19)15-6-4-14(3,5-7-15)12(17)18/h10-11H,4-9H2,1-3H3,(H,17,18). The van der Waals surface area contributed by atoms with Crippen LogP contribution in [0.25, 0.3) is 0 Å². The number of urea groups is 1. The van der Waals surface area contributed by atoms with Gasteiger partial charge in [-0.1, -0.05) is 0 Å². The van der Waals surface area contributed by atoms with Gasteiger partial charge in [0.2, 0.25) is 0 Å². The summed E-state index contributed by atoms with van der Waals surface area (Å²) in [5.41, 5.74) is -0.692. The van der Waals surface area contributed by atoms with Crippen molar-refractivity contribution in [3.05, 3.63) is 0 Å². The Hall–Kier alpha value is -1.30. The second-order valence-corrected chi connectivity index (χ2v) is 6.30. The van der Waals surface area contributed by atoms with E-state index in [4.69, 9.17) is 4.74 Å². The molecule has 0 aromatic rings. The van der Waals surface area contributed by atoms with Gasteiger partial charge in [-0.3, -0.25) is 4.79 Å².